The van der Waals surface area contributed by atoms with Gasteiger partial charge in [-0.15, -0.1) is 0 Å². The van der Waals surface area contributed by atoms with Crippen LogP contribution in [0.3, 0.4) is 0 Å². The van der Waals surface area contributed by atoms with Crippen LogP contribution in [0, 0.1) is 29.6 Å². The average molecular weight is 164 g/mol. The zero-order valence-corrected chi connectivity index (χ0v) is 8.13. The van der Waals surface area contributed by atoms with Crippen LogP contribution in [0.4, 0.5) is 0 Å². The van der Waals surface area contributed by atoms with E-state index in [1.165, 1.54) is 36.0 Å². The highest BCUT2D eigenvalue weighted by molar-refractivity contribution is 5.06. The Morgan fingerprint density at radius 1 is 0.833 bits per heavy atom. The van der Waals surface area contributed by atoms with Crippen LogP contribution in [-0.2, 0) is 0 Å². The van der Waals surface area contributed by atoms with Crippen molar-refractivity contribution in [3.8, 4) is 0 Å². The van der Waals surface area contributed by atoms with Crippen LogP contribution in [-0.4, -0.2) is 0 Å². The summed E-state index contributed by atoms with van der Waals surface area (Å²) in [6.07, 6.45) is 9.35. The second kappa shape index (κ2) is 2.49. The lowest BCUT2D eigenvalue weighted by Crippen LogP contribution is -2.23. The first-order valence-electron chi connectivity index (χ1n) is 5.92. The molecule has 0 heteroatoms. The van der Waals surface area contributed by atoms with Gasteiger partial charge in [-0.05, 0) is 55.3 Å². The molecular weight excluding hydrogens is 144 g/mol. The third-order valence-electron chi connectivity index (χ3n) is 5.04. The highest BCUT2D eigenvalue weighted by atomic mass is 14.6. The standard InChI is InChI=1S/C12H20/c1-2-3-8-9-4-6-11-10(8)5-7-12(9)11/h8-12H,2-7H2,1H3. The van der Waals surface area contributed by atoms with Crippen molar-refractivity contribution in [2.75, 3.05) is 0 Å². The van der Waals surface area contributed by atoms with Gasteiger partial charge in [-0.25, -0.2) is 0 Å². The van der Waals surface area contributed by atoms with Crippen LogP contribution in [0.25, 0.3) is 0 Å². The lowest BCUT2D eigenvalue weighted by atomic mass is 9.73. The number of hydrogen-bond donors (Lipinski definition) is 0. The number of rotatable bonds is 2. The second-order valence-electron chi connectivity index (χ2n) is 5.26. The van der Waals surface area contributed by atoms with Gasteiger partial charge in [-0.3, -0.25) is 0 Å². The molecule has 3 aliphatic carbocycles. The summed E-state index contributed by atoms with van der Waals surface area (Å²) in [5.41, 5.74) is 0. The monoisotopic (exact) mass is 164 g/mol. The number of hydrogen-bond acceptors (Lipinski definition) is 0. The van der Waals surface area contributed by atoms with Gasteiger partial charge in [0.05, 0.1) is 0 Å². The van der Waals surface area contributed by atoms with E-state index in [-0.39, 0.29) is 0 Å². The van der Waals surface area contributed by atoms with Gasteiger partial charge in [0.15, 0.2) is 0 Å². The average Bonchev–Trinajstić information content (AvgIpc) is 2.68. The molecule has 3 saturated carbocycles. The lowest BCUT2D eigenvalue weighted by molar-refractivity contribution is 0.178. The van der Waals surface area contributed by atoms with Gasteiger partial charge in [-0.1, -0.05) is 19.8 Å². The Hall–Kier alpha value is 0. The molecule has 0 aromatic carbocycles. The largest absolute Gasteiger partial charge is 0.0654 e. The van der Waals surface area contributed by atoms with E-state index in [0.717, 1.165) is 0 Å². The smallest absolute Gasteiger partial charge is 0.0352 e. The van der Waals surface area contributed by atoms with E-state index in [4.69, 9.17) is 0 Å². The van der Waals surface area contributed by atoms with Gasteiger partial charge >= 0.3 is 0 Å². The van der Waals surface area contributed by atoms with Crippen LogP contribution < -0.4 is 0 Å². The zero-order chi connectivity index (χ0) is 8.13. The van der Waals surface area contributed by atoms with Gasteiger partial charge < -0.3 is 0 Å². The maximum atomic E-state index is 2.36. The molecule has 0 N–H and O–H groups in total. The van der Waals surface area contributed by atoms with Crippen molar-refractivity contribution in [2.45, 2.75) is 45.4 Å². The molecular formula is C12H20. The van der Waals surface area contributed by atoms with Gasteiger partial charge in [0.25, 0.3) is 0 Å². The molecule has 4 bridgehead atoms. The minimum atomic E-state index is 1.17. The first kappa shape index (κ1) is 7.41. The Balaban J connectivity index is 1.82. The quantitative estimate of drug-likeness (QED) is 0.586. The molecule has 68 valence electrons. The van der Waals surface area contributed by atoms with E-state index in [0.29, 0.717) is 0 Å². The summed E-state index contributed by atoms with van der Waals surface area (Å²) in [7, 11) is 0. The molecule has 0 nitrogen and oxygen atoms in total. The highest BCUT2D eigenvalue weighted by Crippen LogP contribution is 2.64. The van der Waals surface area contributed by atoms with E-state index in [1.54, 1.807) is 32.1 Å². The van der Waals surface area contributed by atoms with Crippen molar-refractivity contribution in [2.24, 2.45) is 29.6 Å². The third-order valence-corrected chi connectivity index (χ3v) is 5.04. The van der Waals surface area contributed by atoms with Crippen molar-refractivity contribution in [3.05, 3.63) is 0 Å². The van der Waals surface area contributed by atoms with E-state index in [9.17, 15) is 0 Å². The summed E-state index contributed by atoms with van der Waals surface area (Å²) >= 11 is 0. The Bertz CT molecular complexity index is 166. The van der Waals surface area contributed by atoms with E-state index in [2.05, 4.69) is 6.92 Å². The molecule has 3 fully saturated rings. The molecule has 3 aliphatic rings. The van der Waals surface area contributed by atoms with Crippen molar-refractivity contribution < 1.29 is 0 Å². The van der Waals surface area contributed by atoms with Crippen molar-refractivity contribution in [3.63, 3.8) is 0 Å². The molecule has 0 aromatic heterocycles. The molecule has 12 heavy (non-hydrogen) atoms. The van der Waals surface area contributed by atoms with Gasteiger partial charge in [0.2, 0.25) is 0 Å². The highest BCUT2D eigenvalue weighted by Gasteiger charge is 2.56. The Morgan fingerprint density at radius 2 is 1.33 bits per heavy atom. The summed E-state index contributed by atoms with van der Waals surface area (Å²) in [6.45, 7) is 2.36. The van der Waals surface area contributed by atoms with Gasteiger partial charge in [0.1, 0.15) is 0 Å². The second-order valence-corrected chi connectivity index (χ2v) is 5.26. The molecule has 0 amide bonds. The summed E-state index contributed by atoms with van der Waals surface area (Å²) in [6, 6.07) is 0. The molecule has 3 rings (SSSR count). The Morgan fingerprint density at radius 3 is 1.83 bits per heavy atom. The zero-order valence-electron chi connectivity index (χ0n) is 8.13. The lowest BCUT2D eigenvalue weighted by Gasteiger charge is -2.32. The molecule has 4 atom stereocenters. The van der Waals surface area contributed by atoms with Gasteiger partial charge in [-0.2, -0.15) is 0 Å². The fraction of sp³-hybridized carbons (Fsp3) is 1.00. The van der Waals surface area contributed by atoms with Crippen molar-refractivity contribution in [1.29, 1.82) is 0 Å². The summed E-state index contributed by atoms with van der Waals surface area (Å²) in [5, 5.41) is 0. The minimum absolute atomic E-state index is 1.17. The maximum Gasteiger partial charge on any atom is -0.0352 e. The van der Waals surface area contributed by atoms with Crippen LogP contribution in [0.15, 0.2) is 0 Å². The summed E-state index contributed by atoms with van der Waals surface area (Å²) < 4.78 is 0. The molecule has 0 aliphatic heterocycles. The summed E-state index contributed by atoms with van der Waals surface area (Å²) in [5.74, 6) is 5.95. The predicted octanol–water partition coefficient (Wildman–Crippen LogP) is 3.47. The molecule has 0 spiro atoms. The topological polar surface area (TPSA) is 0 Å². The fourth-order valence-electron chi connectivity index (χ4n) is 4.83. The summed E-state index contributed by atoms with van der Waals surface area (Å²) in [4.78, 5) is 0. The van der Waals surface area contributed by atoms with Crippen molar-refractivity contribution in [1.82, 2.24) is 0 Å². The Kier molecular flexibility index (Phi) is 1.54. The van der Waals surface area contributed by atoms with Gasteiger partial charge in [0, 0.05) is 0 Å². The van der Waals surface area contributed by atoms with Crippen LogP contribution >= 0.6 is 0 Å². The fourth-order valence-corrected chi connectivity index (χ4v) is 4.83. The minimum Gasteiger partial charge on any atom is -0.0654 e. The van der Waals surface area contributed by atoms with Crippen LogP contribution in [0.2, 0.25) is 0 Å². The van der Waals surface area contributed by atoms with Crippen LogP contribution in [0.1, 0.15) is 45.4 Å². The molecule has 4 unspecified atom stereocenters. The van der Waals surface area contributed by atoms with E-state index >= 15 is 0 Å². The van der Waals surface area contributed by atoms with Crippen molar-refractivity contribution >= 4 is 0 Å². The molecule has 0 radical (unpaired) electrons. The molecule has 0 aromatic rings. The predicted molar refractivity (Wildman–Crippen MR) is 50.8 cm³/mol. The van der Waals surface area contributed by atoms with E-state index in [1.807, 2.05) is 0 Å². The van der Waals surface area contributed by atoms with Crippen LogP contribution in [0.5, 0.6) is 0 Å². The SMILES string of the molecule is CCCC1C2CCC3C1CCC23. The first-order valence-corrected chi connectivity index (χ1v) is 5.92. The third kappa shape index (κ3) is 0.744. The first-order chi connectivity index (χ1) is 5.92. The maximum absolute atomic E-state index is 2.36. The van der Waals surface area contributed by atoms with E-state index < -0.39 is 0 Å². The molecule has 0 saturated heterocycles. The molecule has 0 heterocycles. The Labute approximate surface area is 75.7 Å². The normalized spacial score (nSPS) is 55.2.